The van der Waals surface area contributed by atoms with E-state index in [1.807, 2.05) is 13.8 Å². The number of nitro benzene ring substituents is 1. The fourth-order valence-electron chi connectivity index (χ4n) is 1.47. The lowest BCUT2D eigenvalue weighted by atomic mass is 9.95. The second-order valence-electron chi connectivity index (χ2n) is 5.10. The van der Waals surface area contributed by atoms with E-state index < -0.39 is 4.92 Å². The molecule has 0 bridgehead atoms. The number of nitrogens with one attached hydrogen (secondary N) is 1. The lowest BCUT2D eigenvalue weighted by molar-refractivity contribution is -0.384. The van der Waals surface area contributed by atoms with Gasteiger partial charge in [0.05, 0.1) is 11.0 Å². The molecule has 0 aliphatic rings. The molecule has 0 aliphatic carbocycles. The molecular formula is C12H15N3O4. The molecule has 2 aromatic rings. The normalized spacial score (nSPS) is 11.7. The average Bonchev–Trinajstić information content (AvgIpc) is 2.78. The number of fused-ring (bicyclic) bond motifs is 1. The Balaban J connectivity index is 2.20. The summed E-state index contributed by atoms with van der Waals surface area (Å²) >= 11 is 0. The van der Waals surface area contributed by atoms with Crippen molar-refractivity contribution in [3.05, 3.63) is 28.3 Å². The molecule has 0 atom stereocenters. The first-order valence-electron chi connectivity index (χ1n) is 5.81. The maximum Gasteiger partial charge on any atom is 0.295 e. The highest BCUT2D eigenvalue weighted by Crippen LogP contribution is 2.24. The first kappa shape index (κ1) is 13.3. The summed E-state index contributed by atoms with van der Waals surface area (Å²) in [6, 6.07) is 4.55. The fraction of sp³-hybridized carbons (Fsp3) is 0.417. The largest absolute Gasteiger partial charge is 0.423 e. The number of rotatable bonds is 5. The molecule has 1 aromatic heterocycles. The van der Waals surface area contributed by atoms with Crippen LogP contribution in [0.1, 0.15) is 13.8 Å². The van der Waals surface area contributed by atoms with Gasteiger partial charge in [0.15, 0.2) is 5.58 Å². The predicted molar refractivity (Wildman–Crippen MR) is 70.0 cm³/mol. The Morgan fingerprint density at radius 2 is 2.26 bits per heavy atom. The van der Waals surface area contributed by atoms with Crippen molar-refractivity contribution < 1.29 is 14.4 Å². The SMILES string of the molecule is CC(C)(CO)CNc1nc2ccc([N+](=O)[O-])cc2o1. The molecule has 0 radical (unpaired) electrons. The van der Waals surface area contributed by atoms with Gasteiger partial charge in [-0.05, 0) is 6.07 Å². The molecule has 2 N–H and O–H groups in total. The summed E-state index contributed by atoms with van der Waals surface area (Å²) in [5, 5.41) is 22.8. The highest BCUT2D eigenvalue weighted by atomic mass is 16.6. The molecule has 1 aromatic carbocycles. The summed E-state index contributed by atoms with van der Waals surface area (Å²) < 4.78 is 5.39. The van der Waals surface area contributed by atoms with Crippen molar-refractivity contribution in [2.24, 2.45) is 5.41 Å². The summed E-state index contributed by atoms with van der Waals surface area (Å²) in [5.74, 6) is 0. The van der Waals surface area contributed by atoms with Crippen LogP contribution < -0.4 is 5.32 Å². The van der Waals surface area contributed by atoms with E-state index >= 15 is 0 Å². The summed E-state index contributed by atoms with van der Waals surface area (Å²) in [4.78, 5) is 14.3. The van der Waals surface area contributed by atoms with Crippen LogP contribution in [0.3, 0.4) is 0 Å². The van der Waals surface area contributed by atoms with E-state index in [-0.39, 0.29) is 23.7 Å². The van der Waals surface area contributed by atoms with E-state index in [9.17, 15) is 10.1 Å². The third kappa shape index (κ3) is 3.00. The molecule has 0 spiro atoms. The third-order valence-corrected chi connectivity index (χ3v) is 2.73. The molecule has 1 heterocycles. The Morgan fingerprint density at radius 3 is 2.89 bits per heavy atom. The van der Waals surface area contributed by atoms with E-state index in [0.29, 0.717) is 17.6 Å². The average molecular weight is 265 g/mol. The summed E-state index contributed by atoms with van der Waals surface area (Å²) in [7, 11) is 0. The van der Waals surface area contributed by atoms with Crippen LogP contribution >= 0.6 is 0 Å². The highest BCUT2D eigenvalue weighted by Gasteiger charge is 2.18. The first-order valence-corrected chi connectivity index (χ1v) is 5.81. The number of nitrogens with zero attached hydrogens (tertiary/aromatic N) is 2. The van der Waals surface area contributed by atoms with Crippen molar-refractivity contribution >= 4 is 22.8 Å². The summed E-state index contributed by atoms with van der Waals surface area (Å²) in [5.41, 5.74) is 0.575. The third-order valence-electron chi connectivity index (χ3n) is 2.73. The number of nitro groups is 1. The molecule has 102 valence electrons. The topological polar surface area (TPSA) is 101 Å². The molecule has 2 rings (SSSR count). The lowest BCUT2D eigenvalue weighted by Crippen LogP contribution is -2.26. The minimum absolute atomic E-state index is 0.0334. The zero-order valence-corrected chi connectivity index (χ0v) is 10.7. The smallest absolute Gasteiger partial charge is 0.295 e. The Labute approximate surface area is 109 Å². The number of hydrogen-bond donors (Lipinski definition) is 2. The molecule has 7 nitrogen and oxygen atoms in total. The quantitative estimate of drug-likeness (QED) is 0.634. The maximum absolute atomic E-state index is 10.6. The molecule has 0 aliphatic heterocycles. The van der Waals surface area contributed by atoms with Crippen molar-refractivity contribution in [1.82, 2.24) is 4.98 Å². The number of benzene rings is 1. The van der Waals surface area contributed by atoms with Gasteiger partial charge in [-0.3, -0.25) is 10.1 Å². The van der Waals surface area contributed by atoms with Gasteiger partial charge in [0.1, 0.15) is 5.52 Å². The van der Waals surface area contributed by atoms with E-state index in [4.69, 9.17) is 9.52 Å². The number of aliphatic hydroxyl groups is 1. The van der Waals surface area contributed by atoms with Crippen LogP contribution in [0.2, 0.25) is 0 Å². The van der Waals surface area contributed by atoms with Crippen LogP contribution in [0, 0.1) is 15.5 Å². The Kier molecular flexibility index (Phi) is 3.39. The summed E-state index contributed by atoms with van der Waals surface area (Å²) in [6.45, 7) is 4.31. The van der Waals surface area contributed by atoms with Gasteiger partial charge in [0.25, 0.3) is 11.7 Å². The number of oxazole rings is 1. The van der Waals surface area contributed by atoms with Gasteiger partial charge in [-0.2, -0.15) is 4.98 Å². The molecule has 0 amide bonds. The van der Waals surface area contributed by atoms with Gasteiger partial charge in [0.2, 0.25) is 0 Å². The van der Waals surface area contributed by atoms with Crippen LogP contribution in [0.15, 0.2) is 22.6 Å². The minimum Gasteiger partial charge on any atom is -0.423 e. The standard InChI is InChI=1S/C12H15N3O4/c1-12(2,7-16)6-13-11-14-9-4-3-8(15(17)18)5-10(9)19-11/h3-5,16H,6-7H2,1-2H3,(H,13,14). The van der Waals surface area contributed by atoms with Crippen molar-refractivity contribution in [3.63, 3.8) is 0 Å². The lowest BCUT2D eigenvalue weighted by Gasteiger charge is -2.20. The number of non-ortho nitro benzene ring substituents is 1. The Bertz CT molecular complexity index is 606. The van der Waals surface area contributed by atoms with E-state index in [2.05, 4.69) is 10.3 Å². The molecule has 0 saturated heterocycles. The van der Waals surface area contributed by atoms with Gasteiger partial charge in [-0.1, -0.05) is 13.8 Å². The number of aromatic nitrogens is 1. The number of anilines is 1. The Hall–Kier alpha value is -2.15. The van der Waals surface area contributed by atoms with Crippen LogP contribution in [0.25, 0.3) is 11.1 Å². The molecule has 0 fully saturated rings. The van der Waals surface area contributed by atoms with Crippen LogP contribution in [0.5, 0.6) is 0 Å². The monoisotopic (exact) mass is 265 g/mol. The zero-order chi connectivity index (χ0) is 14.0. The van der Waals surface area contributed by atoms with Crippen LogP contribution in [-0.2, 0) is 0 Å². The molecule has 19 heavy (non-hydrogen) atoms. The minimum atomic E-state index is -0.482. The van der Waals surface area contributed by atoms with Crippen LogP contribution in [-0.4, -0.2) is 28.2 Å². The van der Waals surface area contributed by atoms with Crippen molar-refractivity contribution in [2.45, 2.75) is 13.8 Å². The second kappa shape index (κ2) is 4.85. The fourth-order valence-corrected chi connectivity index (χ4v) is 1.47. The van der Waals surface area contributed by atoms with Gasteiger partial charge in [-0.15, -0.1) is 0 Å². The van der Waals surface area contributed by atoms with Gasteiger partial charge >= 0.3 is 0 Å². The first-order chi connectivity index (χ1) is 8.91. The molecular weight excluding hydrogens is 250 g/mol. The van der Waals surface area contributed by atoms with Gasteiger partial charge < -0.3 is 14.8 Å². The van der Waals surface area contributed by atoms with Crippen LogP contribution in [0.4, 0.5) is 11.7 Å². The highest BCUT2D eigenvalue weighted by molar-refractivity contribution is 5.77. The summed E-state index contributed by atoms with van der Waals surface area (Å²) in [6.07, 6.45) is 0. The number of hydrogen-bond acceptors (Lipinski definition) is 6. The van der Waals surface area contributed by atoms with Gasteiger partial charge in [0, 0.05) is 24.6 Å². The molecule has 7 heteroatoms. The van der Waals surface area contributed by atoms with Crippen molar-refractivity contribution in [1.29, 1.82) is 0 Å². The van der Waals surface area contributed by atoms with E-state index in [1.165, 1.54) is 12.1 Å². The number of aliphatic hydroxyl groups excluding tert-OH is 1. The maximum atomic E-state index is 10.6. The van der Waals surface area contributed by atoms with Gasteiger partial charge in [-0.25, -0.2) is 0 Å². The predicted octanol–water partition coefficient (Wildman–Crippen LogP) is 2.17. The molecule has 0 saturated carbocycles. The van der Waals surface area contributed by atoms with Crippen molar-refractivity contribution in [2.75, 3.05) is 18.5 Å². The van der Waals surface area contributed by atoms with Crippen molar-refractivity contribution in [3.8, 4) is 0 Å². The molecule has 0 unspecified atom stereocenters. The zero-order valence-electron chi connectivity index (χ0n) is 10.7. The second-order valence-corrected chi connectivity index (χ2v) is 5.10. The Morgan fingerprint density at radius 1 is 1.53 bits per heavy atom. The van der Waals surface area contributed by atoms with E-state index in [0.717, 1.165) is 0 Å². The van der Waals surface area contributed by atoms with E-state index in [1.54, 1.807) is 6.07 Å².